The van der Waals surface area contributed by atoms with E-state index in [0.717, 1.165) is 6.42 Å². The third-order valence-electron chi connectivity index (χ3n) is 3.59. The molecule has 2 heterocycles. The summed E-state index contributed by atoms with van der Waals surface area (Å²) in [7, 11) is 0.486. The van der Waals surface area contributed by atoms with Gasteiger partial charge in [-0.3, -0.25) is 0 Å². The number of likely N-dealkylation sites (N-methyl/N-ethyl adjacent to an activating group) is 1. The SMILES string of the molecule is CCNc1ncccc1S(=O)(=O)N1CCC(N(C)C)C1. The van der Waals surface area contributed by atoms with Gasteiger partial charge in [-0.15, -0.1) is 0 Å². The third kappa shape index (κ3) is 2.94. The van der Waals surface area contributed by atoms with Gasteiger partial charge >= 0.3 is 0 Å². The van der Waals surface area contributed by atoms with Gasteiger partial charge in [0.1, 0.15) is 10.7 Å². The molecule has 0 amide bonds. The van der Waals surface area contributed by atoms with E-state index < -0.39 is 10.0 Å². The molecule has 1 aromatic heterocycles. The van der Waals surface area contributed by atoms with E-state index in [2.05, 4.69) is 15.2 Å². The maximum atomic E-state index is 12.7. The number of rotatable bonds is 5. The van der Waals surface area contributed by atoms with E-state index in [0.29, 0.717) is 25.5 Å². The monoisotopic (exact) mass is 298 g/mol. The Bertz CT molecular complexity index is 559. The van der Waals surface area contributed by atoms with Crippen molar-refractivity contribution in [2.45, 2.75) is 24.3 Å². The van der Waals surface area contributed by atoms with Crippen LogP contribution < -0.4 is 5.32 Å². The Morgan fingerprint density at radius 1 is 1.50 bits per heavy atom. The Morgan fingerprint density at radius 3 is 2.85 bits per heavy atom. The molecule has 0 spiro atoms. The van der Waals surface area contributed by atoms with Crippen LogP contribution in [0.25, 0.3) is 0 Å². The first-order chi connectivity index (χ1) is 9.46. The zero-order valence-electron chi connectivity index (χ0n) is 12.2. The Kier molecular flexibility index (Phi) is 4.62. The van der Waals surface area contributed by atoms with Crippen molar-refractivity contribution in [1.29, 1.82) is 0 Å². The van der Waals surface area contributed by atoms with Crippen LogP contribution in [-0.2, 0) is 10.0 Å². The molecule has 1 aromatic rings. The lowest BCUT2D eigenvalue weighted by Gasteiger charge is -2.21. The second-order valence-electron chi connectivity index (χ2n) is 5.15. The molecule has 0 bridgehead atoms. The van der Waals surface area contributed by atoms with Crippen molar-refractivity contribution >= 4 is 15.8 Å². The summed E-state index contributed by atoms with van der Waals surface area (Å²) in [5.41, 5.74) is 0. The van der Waals surface area contributed by atoms with Crippen LogP contribution in [0.3, 0.4) is 0 Å². The van der Waals surface area contributed by atoms with Crippen LogP contribution in [0, 0.1) is 0 Å². The number of nitrogens with one attached hydrogen (secondary N) is 1. The van der Waals surface area contributed by atoms with Gasteiger partial charge < -0.3 is 10.2 Å². The van der Waals surface area contributed by atoms with Crippen molar-refractivity contribution in [3.63, 3.8) is 0 Å². The molecule has 0 aliphatic carbocycles. The molecule has 20 heavy (non-hydrogen) atoms. The van der Waals surface area contributed by atoms with Crippen LogP contribution in [-0.4, -0.2) is 62.4 Å². The highest BCUT2D eigenvalue weighted by molar-refractivity contribution is 7.89. The van der Waals surface area contributed by atoms with Crippen LogP contribution >= 0.6 is 0 Å². The van der Waals surface area contributed by atoms with Gasteiger partial charge in [0.25, 0.3) is 0 Å². The minimum atomic E-state index is -3.48. The third-order valence-corrected chi connectivity index (χ3v) is 5.49. The highest BCUT2D eigenvalue weighted by Gasteiger charge is 2.34. The van der Waals surface area contributed by atoms with Crippen molar-refractivity contribution in [2.75, 3.05) is 39.0 Å². The molecule has 1 aliphatic heterocycles. The molecule has 6 nitrogen and oxygen atoms in total. The smallest absolute Gasteiger partial charge is 0.246 e. The molecule has 2 rings (SSSR count). The van der Waals surface area contributed by atoms with E-state index in [4.69, 9.17) is 0 Å². The molecule has 1 saturated heterocycles. The quantitative estimate of drug-likeness (QED) is 0.872. The predicted molar refractivity (Wildman–Crippen MR) is 79.3 cm³/mol. The van der Waals surface area contributed by atoms with E-state index in [1.165, 1.54) is 0 Å². The molecule has 1 N–H and O–H groups in total. The van der Waals surface area contributed by atoms with E-state index in [1.54, 1.807) is 22.6 Å². The number of pyridine rings is 1. The number of nitrogens with zero attached hydrogens (tertiary/aromatic N) is 3. The van der Waals surface area contributed by atoms with Crippen molar-refractivity contribution < 1.29 is 8.42 Å². The fourth-order valence-corrected chi connectivity index (χ4v) is 4.00. The second kappa shape index (κ2) is 6.07. The molecule has 1 aliphatic rings. The lowest BCUT2D eigenvalue weighted by atomic mass is 10.2. The zero-order valence-corrected chi connectivity index (χ0v) is 13.0. The summed E-state index contributed by atoms with van der Waals surface area (Å²) in [6, 6.07) is 3.56. The van der Waals surface area contributed by atoms with Crippen molar-refractivity contribution in [2.24, 2.45) is 0 Å². The number of hydrogen-bond donors (Lipinski definition) is 1. The van der Waals surface area contributed by atoms with Crippen molar-refractivity contribution in [1.82, 2.24) is 14.2 Å². The fraction of sp³-hybridized carbons (Fsp3) is 0.615. The zero-order chi connectivity index (χ0) is 14.8. The molecule has 0 aromatic carbocycles. The minimum Gasteiger partial charge on any atom is -0.369 e. The highest BCUT2D eigenvalue weighted by atomic mass is 32.2. The molecule has 0 saturated carbocycles. The first-order valence-electron chi connectivity index (χ1n) is 6.82. The molecule has 1 atom stereocenters. The summed E-state index contributed by atoms with van der Waals surface area (Å²) in [4.78, 5) is 6.47. The average molecular weight is 298 g/mol. The maximum Gasteiger partial charge on any atom is 0.246 e. The fourth-order valence-electron chi connectivity index (χ4n) is 2.39. The number of anilines is 1. The van der Waals surface area contributed by atoms with Crippen LogP contribution in [0.15, 0.2) is 23.2 Å². The summed E-state index contributed by atoms with van der Waals surface area (Å²) >= 11 is 0. The van der Waals surface area contributed by atoms with Gasteiger partial charge in [0, 0.05) is 31.9 Å². The largest absolute Gasteiger partial charge is 0.369 e. The Labute approximate surface area is 120 Å². The van der Waals surface area contributed by atoms with E-state index >= 15 is 0 Å². The maximum absolute atomic E-state index is 12.7. The molecule has 1 unspecified atom stereocenters. The van der Waals surface area contributed by atoms with Gasteiger partial charge in [-0.25, -0.2) is 13.4 Å². The molecular weight excluding hydrogens is 276 g/mol. The van der Waals surface area contributed by atoms with Gasteiger partial charge in [-0.05, 0) is 39.6 Å². The second-order valence-corrected chi connectivity index (χ2v) is 7.06. The summed E-state index contributed by atoms with van der Waals surface area (Å²) in [6.45, 7) is 3.66. The number of sulfonamides is 1. The Balaban J connectivity index is 2.28. The van der Waals surface area contributed by atoms with Crippen molar-refractivity contribution in [3.05, 3.63) is 18.3 Å². The lowest BCUT2D eigenvalue weighted by Crippen LogP contribution is -2.34. The number of aromatic nitrogens is 1. The van der Waals surface area contributed by atoms with Gasteiger partial charge in [-0.2, -0.15) is 4.31 Å². The molecular formula is C13H22N4O2S. The minimum absolute atomic E-state index is 0.265. The van der Waals surface area contributed by atoms with Crippen molar-refractivity contribution in [3.8, 4) is 0 Å². The number of hydrogen-bond acceptors (Lipinski definition) is 5. The summed E-state index contributed by atoms with van der Waals surface area (Å²) in [5, 5.41) is 3.01. The standard InChI is InChI=1S/C13H22N4O2S/c1-4-14-13-12(6-5-8-15-13)20(18,19)17-9-7-11(10-17)16(2)3/h5-6,8,11H,4,7,9-10H2,1-3H3,(H,14,15). The summed E-state index contributed by atoms with van der Waals surface area (Å²) in [6.07, 6.45) is 2.46. The molecule has 1 fully saturated rings. The highest BCUT2D eigenvalue weighted by Crippen LogP contribution is 2.26. The normalized spacial score (nSPS) is 20.5. The van der Waals surface area contributed by atoms with Gasteiger partial charge in [0.2, 0.25) is 10.0 Å². The van der Waals surface area contributed by atoms with Crippen LogP contribution in [0.4, 0.5) is 5.82 Å². The van der Waals surface area contributed by atoms with E-state index in [-0.39, 0.29) is 10.9 Å². The predicted octanol–water partition coefficient (Wildman–Crippen LogP) is 0.838. The molecule has 7 heteroatoms. The average Bonchev–Trinajstić information content (AvgIpc) is 2.90. The molecule has 112 valence electrons. The topological polar surface area (TPSA) is 65.5 Å². The lowest BCUT2D eigenvalue weighted by molar-refractivity contribution is 0.302. The van der Waals surface area contributed by atoms with Gasteiger partial charge in [0.15, 0.2) is 0 Å². The van der Waals surface area contributed by atoms with Crippen LogP contribution in [0.1, 0.15) is 13.3 Å². The summed E-state index contributed by atoms with van der Waals surface area (Å²) < 4.78 is 27.0. The van der Waals surface area contributed by atoms with E-state index in [1.807, 2.05) is 21.0 Å². The van der Waals surface area contributed by atoms with Crippen LogP contribution in [0.2, 0.25) is 0 Å². The first kappa shape index (κ1) is 15.2. The Morgan fingerprint density at radius 2 is 2.25 bits per heavy atom. The van der Waals surface area contributed by atoms with E-state index in [9.17, 15) is 8.42 Å². The summed E-state index contributed by atoms with van der Waals surface area (Å²) in [5.74, 6) is 0.434. The van der Waals surface area contributed by atoms with Crippen LogP contribution in [0.5, 0.6) is 0 Å². The Hall–Kier alpha value is -1.18. The van der Waals surface area contributed by atoms with Gasteiger partial charge in [0.05, 0.1) is 0 Å². The van der Waals surface area contributed by atoms with Gasteiger partial charge in [-0.1, -0.05) is 0 Å². The molecule has 0 radical (unpaired) electrons. The first-order valence-corrected chi connectivity index (χ1v) is 8.26.